The number of nitrogens with two attached hydrogens (primary N) is 1. The quantitative estimate of drug-likeness (QED) is 0.825. The molecule has 0 spiro atoms. The van der Waals surface area contributed by atoms with Gasteiger partial charge in [-0.15, -0.1) is 0 Å². The Hall–Kier alpha value is -2.11. The van der Waals surface area contributed by atoms with Gasteiger partial charge in [0.15, 0.2) is 0 Å². The highest BCUT2D eigenvalue weighted by atomic mass is 15.3. The summed E-state index contributed by atoms with van der Waals surface area (Å²) in [5.74, 6) is 1.02. The smallest absolute Gasteiger partial charge is 0.222 e. The molecule has 6 nitrogen and oxygen atoms in total. The normalized spacial score (nSPS) is 10.5. The predicted octanol–water partition coefficient (Wildman–Crippen LogP) is 1.02. The van der Waals surface area contributed by atoms with E-state index in [1.807, 2.05) is 33.2 Å². The third-order valence-electron chi connectivity index (χ3n) is 2.45. The van der Waals surface area contributed by atoms with Gasteiger partial charge in [-0.05, 0) is 13.8 Å². The van der Waals surface area contributed by atoms with E-state index in [-0.39, 0.29) is 5.95 Å². The average molecular weight is 232 g/mol. The lowest BCUT2D eigenvalue weighted by atomic mass is 10.2. The fourth-order valence-corrected chi connectivity index (χ4v) is 1.69. The molecule has 0 unspecified atom stereocenters. The highest BCUT2D eigenvalue weighted by Gasteiger charge is 2.04. The van der Waals surface area contributed by atoms with Crippen LogP contribution in [0.2, 0.25) is 0 Å². The van der Waals surface area contributed by atoms with Crippen molar-refractivity contribution in [1.82, 2.24) is 19.7 Å². The molecule has 0 aliphatic carbocycles. The lowest BCUT2D eigenvalue weighted by molar-refractivity contribution is 0.756. The zero-order valence-corrected chi connectivity index (χ0v) is 10.2. The molecule has 0 aromatic carbocycles. The van der Waals surface area contributed by atoms with Crippen molar-refractivity contribution in [3.63, 3.8) is 0 Å². The first-order valence-electron chi connectivity index (χ1n) is 5.39. The summed E-state index contributed by atoms with van der Waals surface area (Å²) in [6.45, 7) is 4.55. The summed E-state index contributed by atoms with van der Waals surface area (Å²) in [5, 5.41) is 7.49. The van der Waals surface area contributed by atoms with Crippen LogP contribution in [-0.4, -0.2) is 19.7 Å². The van der Waals surface area contributed by atoms with E-state index in [1.165, 1.54) is 0 Å². The second-order valence-corrected chi connectivity index (χ2v) is 4.02. The van der Waals surface area contributed by atoms with Crippen LogP contribution in [-0.2, 0) is 13.6 Å². The van der Waals surface area contributed by atoms with E-state index >= 15 is 0 Å². The standard InChI is InChI=1S/C11H16N6/c1-7-4-10(15-11(12)14-7)13-5-9-6-17(3)16-8(9)2/h4,6H,5H2,1-3H3,(H3,12,13,14,15). The molecule has 0 bridgehead atoms. The van der Waals surface area contributed by atoms with Crippen LogP contribution in [0.4, 0.5) is 11.8 Å². The van der Waals surface area contributed by atoms with Crippen molar-refractivity contribution in [3.05, 3.63) is 29.2 Å². The van der Waals surface area contributed by atoms with Crippen LogP contribution in [0.5, 0.6) is 0 Å². The Bertz CT molecular complexity index is 511. The number of rotatable bonds is 3. The van der Waals surface area contributed by atoms with Gasteiger partial charge in [0, 0.05) is 37.1 Å². The van der Waals surface area contributed by atoms with Crippen molar-refractivity contribution in [1.29, 1.82) is 0 Å². The maximum absolute atomic E-state index is 5.58. The Labute approximate surface area is 99.9 Å². The van der Waals surface area contributed by atoms with Crippen LogP contribution in [0, 0.1) is 13.8 Å². The van der Waals surface area contributed by atoms with Crippen molar-refractivity contribution in [3.8, 4) is 0 Å². The highest BCUT2D eigenvalue weighted by Crippen LogP contribution is 2.11. The van der Waals surface area contributed by atoms with Gasteiger partial charge in [0.1, 0.15) is 5.82 Å². The van der Waals surface area contributed by atoms with Gasteiger partial charge in [0.25, 0.3) is 0 Å². The van der Waals surface area contributed by atoms with Crippen LogP contribution in [0.25, 0.3) is 0 Å². The fourth-order valence-electron chi connectivity index (χ4n) is 1.69. The van der Waals surface area contributed by atoms with E-state index in [2.05, 4.69) is 20.4 Å². The molecule has 0 fully saturated rings. The Balaban J connectivity index is 2.09. The van der Waals surface area contributed by atoms with Gasteiger partial charge in [-0.3, -0.25) is 4.68 Å². The predicted molar refractivity (Wildman–Crippen MR) is 66.5 cm³/mol. The largest absolute Gasteiger partial charge is 0.368 e. The zero-order chi connectivity index (χ0) is 12.4. The third-order valence-corrected chi connectivity index (χ3v) is 2.45. The minimum absolute atomic E-state index is 0.287. The molecule has 2 rings (SSSR count). The van der Waals surface area contributed by atoms with Gasteiger partial charge in [-0.1, -0.05) is 0 Å². The van der Waals surface area contributed by atoms with E-state index in [9.17, 15) is 0 Å². The highest BCUT2D eigenvalue weighted by molar-refractivity contribution is 5.41. The number of aryl methyl sites for hydroxylation is 3. The number of anilines is 2. The minimum Gasteiger partial charge on any atom is -0.368 e. The van der Waals surface area contributed by atoms with E-state index in [0.29, 0.717) is 6.54 Å². The number of aromatic nitrogens is 4. The van der Waals surface area contributed by atoms with Gasteiger partial charge >= 0.3 is 0 Å². The molecule has 0 saturated heterocycles. The molecular formula is C11H16N6. The molecule has 2 heterocycles. The maximum atomic E-state index is 5.58. The van der Waals surface area contributed by atoms with Crippen molar-refractivity contribution < 1.29 is 0 Å². The van der Waals surface area contributed by atoms with Gasteiger partial charge in [-0.2, -0.15) is 10.1 Å². The van der Waals surface area contributed by atoms with Crippen molar-refractivity contribution in [2.75, 3.05) is 11.1 Å². The van der Waals surface area contributed by atoms with Crippen LogP contribution < -0.4 is 11.1 Å². The number of hydrogen-bond acceptors (Lipinski definition) is 5. The van der Waals surface area contributed by atoms with Gasteiger partial charge in [0.05, 0.1) is 5.69 Å². The van der Waals surface area contributed by atoms with E-state index in [1.54, 1.807) is 4.68 Å². The molecule has 17 heavy (non-hydrogen) atoms. The van der Waals surface area contributed by atoms with Crippen LogP contribution in [0.15, 0.2) is 12.3 Å². The maximum Gasteiger partial charge on any atom is 0.222 e. The van der Waals surface area contributed by atoms with Crippen LogP contribution in [0.3, 0.4) is 0 Å². The Morgan fingerprint density at radius 1 is 1.35 bits per heavy atom. The minimum atomic E-state index is 0.287. The first-order chi connectivity index (χ1) is 8.04. The molecule has 6 heteroatoms. The molecule has 0 saturated carbocycles. The molecule has 3 N–H and O–H groups in total. The summed E-state index contributed by atoms with van der Waals surface area (Å²) < 4.78 is 1.80. The van der Waals surface area contributed by atoms with Crippen molar-refractivity contribution in [2.45, 2.75) is 20.4 Å². The lowest BCUT2D eigenvalue weighted by Crippen LogP contribution is -2.05. The van der Waals surface area contributed by atoms with Gasteiger partial charge in [-0.25, -0.2) is 4.98 Å². The van der Waals surface area contributed by atoms with Gasteiger partial charge < -0.3 is 11.1 Å². The number of nitrogens with zero attached hydrogens (tertiary/aromatic N) is 4. The second-order valence-electron chi connectivity index (χ2n) is 4.02. The Morgan fingerprint density at radius 2 is 2.12 bits per heavy atom. The molecule has 2 aromatic rings. The van der Waals surface area contributed by atoms with E-state index in [4.69, 9.17) is 5.73 Å². The first kappa shape index (κ1) is 11.4. The molecule has 2 aromatic heterocycles. The summed E-state index contributed by atoms with van der Waals surface area (Å²) in [5.41, 5.74) is 8.59. The first-order valence-corrected chi connectivity index (χ1v) is 5.39. The SMILES string of the molecule is Cc1cc(NCc2cn(C)nc2C)nc(N)n1. The van der Waals surface area contributed by atoms with Gasteiger partial charge in [0.2, 0.25) is 5.95 Å². The van der Waals surface area contributed by atoms with E-state index < -0.39 is 0 Å². The number of nitrogen functional groups attached to an aromatic ring is 1. The molecule has 90 valence electrons. The van der Waals surface area contributed by atoms with Crippen molar-refractivity contribution in [2.24, 2.45) is 7.05 Å². The van der Waals surface area contributed by atoms with Crippen molar-refractivity contribution >= 4 is 11.8 Å². The lowest BCUT2D eigenvalue weighted by Gasteiger charge is -2.05. The Kier molecular flexibility index (Phi) is 2.95. The third kappa shape index (κ3) is 2.72. The Morgan fingerprint density at radius 3 is 2.71 bits per heavy atom. The van der Waals surface area contributed by atoms with E-state index in [0.717, 1.165) is 22.8 Å². The summed E-state index contributed by atoms with van der Waals surface area (Å²) >= 11 is 0. The van der Waals surface area contributed by atoms with Crippen LogP contribution in [0.1, 0.15) is 17.0 Å². The summed E-state index contributed by atoms with van der Waals surface area (Å²) in [4.78, 5) is 8.14. The number of nitrogens with one attached hydrogen (secondary N) is 1. The molecular weight excluding hydrogens is 216 g/mol. The summed E-state index contributed by atoms with van der Waals surface area (Å²) in [7, 11) is 1.91. The topological polar surface area (TPSA) is 81.7 Å². The number of hydrogen-bond donors (Lipinski definition) is 2. The fraction of sp³-hybridized carbons (Fsp3) is 0.364. The average Bonchev–Trinajstić information content (AvgIpc) is 2.53. The summed E-state index contributed by atoms with van der Waals surface area (Å²) in [6.07, 6.45) is 1.99. The second kappa shape index (κ2) is 4.40. The van der Waals surface area contributed by atoms with Crippen LogP contribution >= 0.6 is 0 Å². The zero-order valence-electron chi connectivity index (χ0n) is 10.2. The summed E-state index contributed by atoms with van der Waals surface area (Å²) in [6, 6.07) is 1.86. The molecule has 0 amide bonds. The molecule has 0 aliphatic heterocycles. The monoisotopic (exact) mass is 232 g/mol. The molecule has 0 atom stereocenters. The molecule has 0 radical (unpaired) electrons. The molecule has 0 aliphatic rings.